The number of hydrogen-bond donors (Lipinski definition) is 4. The maximum absolute atomic E-state index is 12.4. The zero-order chi connectivity index (χ0) is 20.7. The van der Waals surface area contributed by atoms with Gasteiger partial charge < -0.3 is 30.2 Å². The first-order valence-electron chi connectivity index (χ1n) is 9.14. The third-order valence-electron chi connectivity index (χ3n) is 4.28. The average molecular weight is 412 g/mol. The van der Waals surface area contributed by atoms with E-state index in [1.165, 1.54) is 0 Å². The SMILES string of the molecule is CCCc1c(Cl)c(OCC(=O)NCCO)cc2c1cc(C(=O)NCCO)n2C. The van der Waals surface area contributed by atoms with Crippen LogP contribution in [0.5, 0.6) is 5.75 Å². The van der Waals surface area contributed by atoms with Crippen molar-refractivity contribution < 1.29 is 24.5 Å². The minimum Gasteiger partial charge on any atom is -0.482 e. The third-order valence-corrected chi connectivity index (χ3v) is 4.69. The molecular formula is C19H26ClN3O5. The predicted octanol–water partition coefficient (Wildman–Crippen LogP) is 0.994. The van der Waals surface area contributed by atoms with E-state index in [-0.39, 0.29) is 44.7 Å². The molecular weight excluding hydrogens is 386 g/mol. The standard InChI is InChI=1S/C19H26ClN3O5/c1-3-4-12-13-9-15(19(27)22-6-8-25)23(2)14(13)10-16(18(12)20)28-11-17(26)21-5-7-24/h9-10,24-25H,3-8,11H2,1-2H3,(H,21,26)(H,22,27). The number of halogens is 1. The number of aliphatic hydroxyl groups is 2. The van der Waals surface area contributed by atoms with Crippen molar-refractivity contribution in [3.8, 4) is 5.75 Å². The summed E-state index contributed by atoms with van der Waals surface area (Å²) < 4.78 is 7.34. The van der Waals surface area contributed by atoms with E-state index in [0.717, 1.165) is 22.9 Å². The van der Waals surface area contributed by atoms with Crippen LogP contribution in [0, 0.1) is 0 Å². The van der Waals surface area contributed by atoms with Crippen LogP contribution in [-0.4, -0.2) is 59.5 Å². The zero-order valence-electron chi connectivity index (χ0n) is 16.0. The van der Waals surface area contributed by atoms with Crippen LogP contribution < -0.4 is 15.4 Å². The van der Waals surface area contributed by atoms with Gasteiger partial charge in [-0.25, -0.2) is 0 Å². The molecule has 0 saturated carbocycles. The minimum atomic E-state index is -0.363. The molecule has 0 unspecified atom stereocenters. The smallest absolute Gasteiger partial charge is 0.268 e. The van der Waals surface area contributed by atoms with Crippen LogP contribution in [0.25, 0.3) is 10.9 Å². The summed E-state index contributed by atoms with van der Waals surface area (Å²) in [5.74, 6) is -0.296. The van der Waals surface area contributed by atoms with Crippen LogP contribution >= 0.6 is 11.6 Å². The van der Waals surface area contributed by atoms with Gasteiger partial charge in [-0.2, -0.15) is 0 Å². The third kappa shape index (κ3) is 4.95. The lowest BCUT2D eigenvalue weighted by atomic mass is 10.0. The Balaban J connectivity index is 2.41. The van der Waals surface area contributed by atoms with Crippen molar-refractivity contribution in [2.45, 2.75) is 19.8 Å². The number of ether oxygens (including phenoxy) is 1. The first-order chi connectivity index (χ1) is 13.4. The molecule has 2 rings (SSSR count). The number of rotatable bonds is 10. The maximum atomic E-state index is 12.4. The van der Waals surface area contributed by atoms with Crippen LogP contribution in [0.15, 0.2) is 12.1 Å². The van der Waals surface area contributed by atoms with Gasteiger partial charge in [-0.05, 0) is 18.1 Å². The summed E-state index contributed by atoms with van der Waals surface area (Å²) in [6.07, 6.45) is 1.53. The molecule has 0 aliphatic carbocycles. The van der Waals surface area contributed by atoms with E-state index in [2.05, 4.69) is 10.6 Å². The molecule has 154 valence electrons. The van der Waals surface area contributed by atoms with Gasteiger partial charge in [0.15, 0.2) is 6.61 Å². The summed E-state index contributed by atoms with van der Waals surface area (Å²) in [4.78, 5) is 24.1. The molecule has 2 aromatic rings. The van der Waals surface area contributed by atoms with Gasteiger partial charge in [0.25, 0.3) is 11.8 Å². The summed E-state index contributed by atoms with van der Waals surface area (Å²) in [6.45, 7) is 1.82. The topological polar surface area (TPSA) is 113 Å². The van der Waals surface area contributed by atoms with Crippen molar-refractivity contribution in [1.29, 1.82) is 0 Å². The Bertz CT molecular complexity index is 850. The van der Waals surface area contributed by atoms with E-state index in [1.807, 2.05) is 6.92 Å². The second-order valence-electron chi connectivity index (χ2n) is 6.28. The lowest BCUT2D eigenvalue weighted by Gasteiger charge is -2.13. The van der Waals surface area contributed by atoms with E-state index in [4.69, 9.17) is 26.6 Å². The Kier molecular flexibility index (Phi) is 8.10. The Labute approximate surface area is 168 Å². The van der Waals surface area contributed by atoms with E-state index >= 15 is 0 Å². The fourth-order valence-corrected chi connectivity index (χ4v) is 3.26. The predicted molar refractivity (Wildman–Crippen MR) is 107 cm³/mol. The van der Waals surface area contributed by atoms with E-state index in [1.54, 1.807) is 23.7 Å². The second-order valence-corrected chi connectivity index (χ2v) is 6.66. The maximum Gasteiger partial charge on any atom is 0.268 e. The van der Waals surface area contributed by atoms with E-state index < -0.39 is 0 Å². The molecule has 2 amide bonds. The first kappa shape index (κ1) is 22.0. The number of carbonyl (C=O) groups is 2. The van der Waals surface area contributed by atoms with Crippen molar-refractivity contribution >= 4 is 34.3 Å². The van der Waals surface area contributed by atoms with Gasteiger partial charge in [-0.3, -0.25) is 9.59 Å². The molecule has 0 bridgehead atoms. The molecule has 8 nitrogen and oxygen atoms in total. The monoisotopic (exact) mass is 411 g/mol. The number of nitrogens with zero attached hydrogens (tertiary/aromatic N) is 1. The highest BCUT2D eigenvalue weighted by atomic mass is 35.5. The zero-order valence-corrected chi connectivity index (χ0v) is 16.8. The number of fused-ring (bicyclic) bond motifs is 1. The number of hydrogen-bond acceptors (Lipinski definition) is 5. The first-order valence-corrected chi connectivity index (χ1v) is 9.52. The van der Waals surface area contributed by atoms with E-state index in [0.29, 0.717) is 22.9 Å². The molecule has 0 aliphatic heterocycles. The van der Waals surface area contributed by atoms with Crippen molar-refractivity contribution in [3.05, 3.63) is 28.4 Å². The van der Waals surface area contributed by atoms with Crippen LogP contribution in [-0.2, 0) is 18.3 Å². The molecule has 28 heavy (non-hydrogen) atoms. The Morgan fingerprint density at radius 2 is 1.86 bits per heavy atom. The molecule has 1 aromatic heterocycles. The van der Waals surface area contributed by atoms with Gasteiger partial charge in [-0.15, -0.1) is 0 Å². The van der Waals surface area contributed by atoms with Gasteiger partial charge in [0.1, 0.15) is 11.4 Å². The number of aryl methyl sites for hydroxylation is 2. The normalized spacial score (nSPS) is 10.9. The fraction of sp³-hybridized carbons (Fsp3) is 0.474. The summed E-state index contributed by atoms with van der Waals surface area (Å²) in [7, 11) is 1.76. The van der Waals surface area contributed by atoms with Crippen LogP contribution in [0.3, 0.4) is 0 Å². The number of aliphatic hydroxyl groups excluding tert-OH is 2. The second kappa shape index (κ2) is 10.3. The fourth-order valence-electron chi connectivity index (χ4n) is 2.96. The van der Waals surface area contributed by atoms with E-state index in [9.17, 15) is 9.59 Å². The molecule has 9 heteroatoms. The van der Waals surface area contributed by atoms with Gasteiger partial charge >= 0.3 is 0 Å². The minimum absolute atomic E-state index is 0.140. The summed E-state index contributed by atoms with van der Waals surface area (Å²) >= 11 is 6.54. The average Bonchev–Trinajstić information content (AvgIpc) is 3.01. The molecule has 0 fully saturated rings. The van der Waals surface area contributed by atoms with Gasteiger partial charge in [0.2, 0.25) is 0 Å². The summed E-state index contributed by atoms with van der Waals surface area (Å²) in [5, 5.41) is 24.1. The molecule has 1 aromatic carbocycles. The number of benzene rings is 1. The Morgan fingerprint density at radius 3 is 2.50 bits per heavy atom. The Morgan fingerprint density at radius 1 is 1.18 bits per heavy atom. The number of carbonyl (C=O) groups excluding carboxylic acids is 2. The molecule has 0 radical (unpaired) electrons. The number of aromatic nitrogens is 1. The molecule has 0 atom stereocenters. The number of nitrogens with one attached hydrogen (secondary N) is 2. The van der Waals surface area contributed by atoms with Gasteiger partial charge in [-0.1, -0.05) is 24.9 Å². The van der Waals surface area contributed by atoms with Crippen LogP contribution in [0.1, 0.15) is 29.4 Å². The summed E-state index contributed by atoms with van der Waals surface area (Å²) in [5.41, 5.74) is 2.05. The molecule has 4 N–H and O–H groups in total. The van der Waals surface area contributed by atoms with Crippen molar-refractivity contribution in [2.75, 3.05) is 32.9 Å². The van der Waals surface area contributed by atoms with Crippen LogP contribution in [0.2, 0.25) is 5.02 Å². The molecule has 1 heterocycles. The lowest BCUT2D eigenvalue weighted by Crippen LogP contribution is -2.31. The molecule has 0 aliphatic rings. The van der Waals surface area contributed by atoms with Crippen molar-refractivity contribution in [1.82, 2.24) is 15.2 Å². The molecule has 0 saturated heterocycles. The van der Waals surface area contributed by atoms with Crippen LogP contribution in [0.4, 0.5) is 0 Å². The van der Waals surface area contributed by atoms with Gasteiger partial charge in [0, 0.05) is 31.6 Å². The lowest BCUT2D eigenvalue weighted by molar-refractivity contribution is -0.123. The quantitative estimate of drug-likeness (QED) is 0.465. The summed E-state index contributed by atoms with van der Waals surface area (Å²) in [6, 6.07) is 3.48. The highest BCUT2D eigenvalue weighted by Crippen LogP contribution is 2.37. The molecule has 0 spiro atoms. The van der Waals surface area contributed by atoms with Crippen molar-refractivity contribution in [3.63, 3.8) is 0 Å². The van der Waals surface area contributed by atoms with Crippen molar-refractivity contribution in [2.24, 2.45) is 7.05 Å². The van der Waals surface area contributed by atoms with Gasteiger partial charge in [0.05, 0.1) is 23.8 Å². The highest BCUT2D eigenvalue weighted by molar-refractivity contribution is 6.34. The number of amides is 2. The largest absolute Gasteiger partial charge is 0.482 e. The highest BCUT2D eigenvalue weighted by Gasteiger charge is 2.20. The Hall–Kier alpha value is -2.29.